The van der Waals surface area contributed by atoms with Crippen LogP contribution in [0.25, 0.3) is 16.6 Å². The van der Waals surface area contributed by atoms with Crippen LogP contribution in [-0.2, 0) is 0 Å². The molecular weight excluding hydrogens is 368 g/mol. The molecule has 0 amide bonds. The van der Waals surface area contributed by atoms with Crippen LogP contribution < -0.4 is 5.56 Å². The number of H-pyrrole nitrogens is 1. The highest BCUT2D eigenvalue weighted by Gasteiger charge is 2.17. The molecule has 28 heavy (non-hydrogen) atoms. The van der Waals surface area contributed by atoms with Gasteiger partial charge in [-0.3, -0.25) is 9.36 Å². The largest absolute Gasteiger partial charge is 0.309 e. The summed E-state index contributed by atoms with van der Waals surface area (Å²) in [6.45, 7) is 6.41. The molecule has 0 saturated heterocycles. The third-order valence-electron chi connectivity index (χ3n) is 4.72. The van der Waals surface area contributed by atoms with Gasteiger partial charge < -0.3 is 4.98 Å². The fourth-order valence-electron chi connectivity index (χ4n) is 3.27. The van der Waals surface area contributed by atoms with Crippen molar-refractivity contribution in [2.75, 3.05) is 0 Å². The van der Waals surface area contributed by atoms with Gasteiger partial charge in [-0.2, -0.15) is 0 Å². The first-order valence-electron chi connectivity index (χ1n) is 9.33. The van der Waals surface area contributed by atoms with Crippen molar-refractivity contribution in [1.29, 1.82) is 0 Å². The quantitative estimate of drug-likeness (QED) is 0.482. The number of thioether (sulfide) groups is 1. The van der Waals surface area contributed by atoms with Gasteiger partial charge in [0, 0.05) is 12.4 Å². The fraction of sp³-hybridized carbons (Fsp3) is 0.227. The molecule has 4 aromatic rings. The van der Waals surface area contributed by atoms with E-state index in [1.165, 1.54) is 5.56 Å². The maximum Gasteiger partial charge on any atom is 0.258 e. The van der Waals surface area contributed by atoms with E-state index in [1.807, 2.05) is 43.6 Å². The third-order valence-corrected chi connectivity index (χ3v) is 5.81. The molecular formula is C22H22N4OS. The SMILES string of the molecule is CC(C)c1ccccc1-n1ccnc1SC(C)c1nc2ccccc2c(=O)[nH]1. The smallest absolute Gasteiger partial charge is 0.258 e. The summed E-state index contributed by atoms with van der Waals surface area (Å²) in [5.41, 5.74) is 3.00. The number of nitrogens with zero attached hydrogens (tertiary/aromatic N) is 3. The lowest BCUT2D eigenvalue weighted by molar-refractivity contribution is 0.813. The van der Waals surface area contributed by atoms with E-state index in [0.29, 0.717) is 22.6 Å². The van der Waals surface area contributed by atoms with E-state index in [9.17, 15) is 4.79 Å². The molecule has 142 valence electrons. The number of hydrogen-bond acceptors (Lipinski definition) is 4. The van der Waals surface area contributed by atoms with Crippen molar-refractivity contribution in [3.8, 4) is 5.69 Å². The van der Waals surface area contributed by atoms with Crippen molar-refractivity contribution in [2.45, 2.75) is 37.1 Å². The van der Waals surface area contributed by atoms with Crippen molar-refractivity contribution in [3.63, 3.8) is 0 Å². The zero-order valence-corrected chi connectivity index (χ0v) is 16.9. The molecule has 0 aliphatic heterocycles. The molecule has 1 unspecified atom stereocenters. The van der Waals surface area contributed by atoms with Gasteiger partial charge in [-0.1, -0.05) is 55.9 Å². The van der Waals surface area contributed by atoms with E-state index in [1.54, 1.807) is 17.8 Å². The van der Waals surface area contributed by atoms with E-state index < -0.39 is 0 Å². The Morgan fingerprint density at radius 2 is 1.79 bits per heavy atom. The molecule has 0 aliphatic carbocycles. The molecule has 5 nitrogen and oxygen atoms in total. The summed E-state index contributed by atoms with van der Waals surface area (Å²) in [7, 11) is 0. The summed E-state index contributed by atoms with van der Waals surface area (Å²) < 4.78 is 2.11. The molecule has 4 rings (SSSR count). The Morgan fingerprint density at radius 3 is 2.61 bits per heavy atom. The van der Waals surface area contributed by atoms with Gasteiger partial charge in [-0.05, 0) is 36.6 Å². The Bertz CT molecular complexity index is 1180. The Kier molecular flexibility index (Phi) is 5.05. The second-order valence-electron chi connectivity index (χ2n) is 7.02. The zero-order valence-electron chi connectivity index (χ0n) is 16.1. The predicted molar refractivity (Wildman–Crippen MR) is 114 cm³/mol. The number of para-hydroxylation sites is 2. The molecule has 0 spiro atoms. The minimum absolute atomic E-state index is 0.0512. The van der Waals surface area contributed by atoms with E-state index in [2.05, 4.69) is 51.6 Å². The lowest BCUT2D eigenvalue weighted by Gasteiger charge is -2.16. The van der Waals surface area contributed by atoms with Crippen molar-refractivity contribution < 1.29 is 0 Å². The molecule has 2 aromatic heterocycles. The maximum atomic E-state index is 12.4. The van der Waals surface area contributed by atoms with Crippen molar-refractivity contribution >= 4 is 22.7 Å². The molecule has 0 saturated carbocycles. The van der Waals surface area contributed by atoms with Crippen LogP contribution in [0.5, 0.6) is 0 Å². The number of rotatable bonds is 5. The first-order chi connectivity index (χ1) is 13.5. The monoisotopic (exact) mass is 390 g/mol. The zero-order chi connectivity index (χ0) is 19.7. The molecule has 1 atom stereocenters. The van der Waals surface area contributed by atoms with E-state index in [-0.39, 0.29) is 10.8 Å². The van der Waals surface area contributed by atoms with E-state index in [4.69, 9.17) is 0 Å². The number of nitrogens with one attached hydrogen (secondary N) is 1. The van der Waals surface area contributed by atoms with Crippen LogP contribution in [0.15, 0.2) is 70.9 Å². The van der Waals surface area contributed by atoms with Crippen LogP contribution in [0, 0.1) is 0 Å². The van der Waals surface area contributed by atoms with Crippen LogP contribution in [0.3, 0.4) is 0 Å². The van der Waals surface area contributed by atoms with Gasteiger partial charge in [0.25, 0.3) is 5.56 Å². The minimum Gasteiger partial charge on any atom is -0.309 e. The Morgan fingerprint density at radius 1 is 1.04 bits per heavy atom. The average molecular weight is 391 g/mol. The van der Waals surface area contributed by atoms with Crippen molar-refractivity contribution in [2.24, 2.45) is 0 Å². The second-order valence-corrected chi connectivity index (χ2v) is 8.33. The van der Waals surface area contributed by atoms with E-state index in [0.717, 1.165) is 10.8 Å². The normalized spacial score (nSPS) is 12.6. The first kappa shape index (κ1) is 18.5. The van der Waals surface area contributed by atoms with Gasteiger partial charge in [-0.25, -0.2) is 9.97 Å². The van der Waals surface area contributed by atoms with Gasteiger partial charge in [-0.15, -0.1) is 0 Å². The lowest BCUT2D eigenvalue weighted by atomic mass is 10.0. The molecule has 2 aromatic carbocycles. The van der Waals surface area contributed by atoms with Gasteiger partial charge in [0.05, 0.1) is 21.8 Å². The van der Waals surface area contributed by atoms with Crippen LogP contribution in [0.4, 0.5) is 0 Å². The Labute approximate surface area is 167 Å². The summed E-state index contributed by atoms with van der Waals surface area (Å²) >= 11 is 1.58. The average Bonchev–Trinajstić information content (AvgIpc) is 3.15. The molecule has 1 N–H and O–H groups in total. The molecule has 0 bridgehead atoms. The van der Waals surface area contributed by atoms with Crippen LogP contribution in [-0.4, -0.2) is 19.5 Å². The summed E-state index contributed by atoms with van der Waals surface area (Å²) in [4.78, 5) is 24.5. The first-order valence-corrected chi connectivity index (χ1v) is 10.2. The highest BCUT2D eigenvalue weighted by molar-refractivity contribution is 7.99. The Hall–Kier alpha value is -2.86. The number of hydrogen-bond donors (Lipinski definition) is 1. The summed E-state index contributed by atoms with van der Waals surface area (Å²) in [5.74, 6) is 1.06. The number of fused-ring (bicyclic) bond motifs is 1. The standard InChI is InChI=1S/C22H22N4OS/c1-14(2)16-8-5-7-11-19(16)26-13-12-23-22(26)28-15(3)20-24-18-10-6-4-9-17(18)21(27)25-20/h4-15H,1-3H3,(H,24,25,27). The van der Waals surface area contributed by atoms with Gasteiger partial charge >= 0.3 is 0 Å². The number of imidazole rings is 1. The number of aromatic amines is 1. The van der Waals surface area contributed by atoms with Crippen LogP contribution >= 0.6 is 11.8 Å². The number of benzene rings is 2. The van der Waals surface area contributed by atoms with Gasteiger partial charge in [0.2, 0.25) is 0 Å². The number of aromatic nitrogens is 4. The molecule has 2 heterocycles. The highest BCUT2D eigenvalue weighted by Crippen LogP contribution is 2.34. The lowest BCUT2D eigenvalue weighted by Crippen LogP contribution is -2.13. The molecule has 0 aliphatic rings. The Balaban J connectivity index is 1.69. The maximum absolute atomic E-state index is 12.4. The molecule has 0 fully saturated rings. The molecule has 6 heteroatoms. The van der Waals surface area contributed by atoms with E-state index >= 15 is 0 Å². The predicted octanol–water partition coefficient (Wildman–Crippen LogP) is 5.09. The minimum atomic E-state index is -0.110. The molecule has 0 radical (unpaired) electrons. The summed E-state index contributed by atoms with van der Waals surface area (Å²) in [6, 6.07) is 15.8. The van der Waals surface area contributed by atoms with Crippen LogP contribution in [0.1, 0.15) is 43.3 Å². The topological polar surface area (TPSA) is 63.6 Å². The fourth-order valence-corrected chi connectivity index (χ4v) is 4.20. The van der Waals surface area contributed by atoms with Crippen molar-refractivity contribution in [1.82, 2.24) is 19.5 Å². The van der Waals surface area contributed by atoms with Gasteiger partial charge in [0.1, 0.15) is 5.82 Å². The van der Waals surface area contributed by atoms with Gasteiger partial charge in [0.15, 0.2) is 5.16 Å². The third kappa shape index (κ3) is 3.47. The summed E-state index contributed by atoms with van der Waals surface area (Å²) in [6.07, 6.45) is 3.79. The highest BCUT2D eigenvalue weighted by atomic mass is 32.2. The summed E-state index contributed by atoms with van der Waals surface area (Å²) in [5, 5.41) is 1.43. The van der Waals surface area contributed by atoms with Crippen molar-refractivity contribution in [3.05, 3.63) is 82.7 Å². The van der Waals surface area contributed by atoms with Crippen LogP contribution in [0.2, 0.25) is 0 Å². The second kappa shape index (κ2) is 7.64.